The Morgan fingerprint density at radius 3 is 3.04 bits per heavy atom. The number of amides is 1. The van der Waals surface area contributed by atoms with Crippen LogP contribution >= 0.6 is 11.3 Å². The van der Waals surface area contributed by atoms with Crippen LogP contribution in [0.25, 0.3) is 0 Å². The largest absolute Gasteiger partial charge is 0.464 e. The Morgan fingerprint density at radius 2 is 2.21 bits per heavy atom. The fraction of sp³-hybridized carbons (Fsp3) is 0.333. The molecule has 0 saturated carbocycles. The van der Waals surface area contributed by atoms with Crippen molar-refractivity contribution in [2.75, 3.05) is 23.3 Å². The Bertz CT molecular complexity index is 950. The lowest BCUT2D eigenvalue weighted by Crippen LogP contribution is -2.25. The van der Waals surface area contributed by atoms with Crippen molar-refractivity contribution in [2.24, 2.45) is 0 Å². The zero-order valence-corrected chi connectivity index (χ0v) is 16.1. The number of hydrogen-bond acceptors (Lipinski definition) is 9. The molecule has 10 heteroatoms. The molecule has 1 aliphatic rings. The van der Waals surface area contributed by atoms with Gasteiger partial charge in [0.25, 0.3) is 5.19 Å². The normalized spacial score (nSPS) is 16.2. The molecule has 4 heterocycles. The van der Waals surface area contributed by atoms with Crippen molar-refractivity contribution in [1.82, 2.24) is 25.4 Å². The number of hydrogen-bond donors (Lipinski definition) is 1. The van der Waals surface area contributed by atoms with E-state index in [1.54, 1.807) is 6.20 Å². The molecule has 1 aliphatic heterocycles. The summed E-state index contributed by atoms with van der Waals surface area (Å²) in [6, 6.07) is 9.39. The van der Waals surface area contributed by atoms with Crippen molar-refractivity contribution >= 4 is 28.2 Å². The molecule has 1 atom stereocenters. The smallest absolute Gasteiger partial charge is 0.296 e. The number of nitrogens with zero attached hydrogens (tertiary/aromatic N) is 6. The second kappa shape index (κ2) is 8.26. The maximum absolute atomic E-state index is 12.2. The van der Waals surface area contributed by atoms with Crippen molar-refractivity contribution in [3.8, 4) is 5.19 Å². The minimum atomic E-state index is -0.185. The minimum Gasteiger partial charge on any atom is -0.464 e. The maximum Gasteiger partial charge on any atom is 0.296 e. The van der Waals surface area contributed by atoms with Gasteiger partial charge in [-0.05, 0) is 42.5 Å². The third kappa shape index (κ3) is 4.58. The molecule has 1 N–H and O–H groups in total. The van der Waals surface area contributed by atoms with Crippen LogP contribution in [-0.2, 0) is 11.2 Å². The molecule has 0 spiro atoms. The highest BCUT2D eigenvalue weighted by atomic mass is 32.1. The van der Waals surface area contributed by atoms with Crippen molar-refractivity contribution in [3.63, 3.8) is 0 Å². The summed E-state index contributed by atoms with van der Waals surface area (Å²) in [6.45, 7) is 3.44. The van der Waals surface area contributed by atoms with Crippen molar-refractivity contribution in [1.29, 1.82) is 0 Å². The molecule has 0 aromatic carbocycles. The van der Waals surface area contributed by atoms with Gasteiger partial charge in [-0.3, -0.25) is 9.78 Å². The van der Waals surface area contributed by atoms with Gasteiger partial charge in [0.1, 0.15) is 6.10 Å². The topological polar surface area (TPSA) is 106 Å². The highest BCUT2D eigenvalue weighted by molar-refractivity contribution is 7.17. The predicted octanol–water partition coefficient (Wildman–Crippen LogP) is 1.87. The quantitative estimate of drug-likeness (QED) is 0.672. The fourth-order valence-corrected chi connectivity index (χ4v) is 3.65. The molecule has 3 aromatic heterocycles. The molecule has 4 rings (SSSR count). The van der Waals surface area contributed by atoms with Crippen LogP contribution in [0.3, 0.4) is 0 Å². The van der Waals surface area contributed by atoms with Gasteiger partial charge in [-0.1, -0.05) is 11.2 Å². The molecule has 0 radical (unpaired) electrons. The monoisotopic (exact) mass is 397 g/mol. The second-order valence-electron chi connectivity index (χ2n) is 6.42. The number of anilines is 2. The van der Waals surface area contributed by atoms with Crippen LogP contribution < -0.4 is 15.0 Å². The van der Waals surface area contributed by atoms with Crippen LogP contribution in [-0.4, -0.2) is 50.5 Å². The Morgan fingerprint density at radius 1 is 1.29 bits per heavy atom. The van der Waals surface area contributed by atoms with E-state index in [0.717, 1.165) is 24.5 Å². The van der Waals surface area contributed by atoms with E-state index in [1.807, 2.05) is 37.3 Å². The zero-order chi connectivity index (χ0) is 19.3. The molecule has 1 saturated heterocycles. The van der Waals surface area contributed by atoms with E-state index in [9.17, 15) is 4.79 Å². The summed E-state index contributed by atoms with van der Waals surface area (Å²) < 4.78 is 5.91. The van der Waals surface area contributed by atoms with Crippen LogP contribution in [0, 0.1) is 6.92 Å². The van der Waals surface area contributed by atoms with E-state index in [0.29, 0.717) is 22.6 Å². The number of aromatic nitrogens is 5. The molecule has 1 amide bonds. The van der Waals surface area contributed by atoms with E-state index >= 15 is 0 Å². The van der Waals surface area contributed by atoms with E-state index in [-0.39, 0.29) is 18.4 Å². The van der Waals surface area contributed by atoms with Gasteiger partial charge < -0.3 is 15.0 Å². The highest BCUT2D eigenvalue weighted by Gasteiger charge is 2.26. The standard InChI is InChI=1S/C18H19N7O2S/c1-12-4-2-5-13(20-12)10-16(26)21-17-23-24-18(28-17)27-14-7-9-25(11-14)15-6-3-8-19-22-15/h2-6,8,14H,7,9-11H2,1H3,(H,21,23,26)/t14-/m1/s1. The van der Waals surface area contributed by atoms with Crippen molar-refractivity contribution in [3.05, 3.63) is 47.9 Å². The summed E-state index contributed by atoms with van der Waals surface area (Å²) in [5, 5.41) is 19.6. The molecule has 144 valence electrons. The van der Waals surface area contributed by atoms with E-state index in [1.165, 1.54) is 11.3 Å². The predicted molar refractivity (Wildman–Crippen MR) is 104 cm³/mol. The molecule has 0 aliphatic carbocycles. The summed E-state index contributed by atoms with van der Waals surface area (Å²) in [4.78, 5) is 18.6. The molecule has 28 heavy (non-hydrogen) atoms. The molecule has 1 fully saturated rings. The van der Waals surface area contributed by atoms with Gasteiger partial charge in [0.2, 0.25) is 11.0 Å². The fourth-order valence-electron chi connectivity index (χ4n) is 2.97. The number of carbonyl (C=O) groups is 1. The number of carbonyl (C=O) groups excluding carboxylic acids is 1. The lowest BCUT2D eigenvalue weighted by molar-refractivity contribution is -0.115. The van der Waals surface area contributed by atoms with Gasteiger partial charge in [-0.15, -0.1) is 10.2 Å². The van der Waals surface area contributed by atoms with E-state index < -0.39 is 0 Å². The van der Waals surface area contributed by atoms with Crippen LogP contribution in [0.5, 0.6) is 5.19 Å². The van der Waals surface area contributed by atoms with E-state index in [4.69, 9.17) is 4.74 Å². The molecular formula is C18H19N7O2S. The van der Waals surface area contributed by atoms with Gasteiger partial charge in [0.15, 0.2) is 5.82 Å². The first-order valence-corrected chi connectivity index (χ1v) is 9.72. The number of rotatable bonds is 6. The third-order valence-electron chi connectivity index (χ3n) is 4.24. The van der Waals surface area contributed by atoms with Crippen molar-refractivity contribution in [2.45, 2.75) is 25.9 Å². The first kappa shape index (κ1) is 18.2. The second-order valence-corrected chi connectivity index (χ2v) is 7.36. The van der Waals surface area contributed by atoms with Crippen LogP contribution in [0.15, 0.2) is 36.5 Å². The molecule has 0 bridgehead atoms. The van der Waals surface area contributed by atoms with E-state index in [2.05, 4.69) is 35.6 Å². The maximum atomic E-state index is 12.2. The first-order chi connectivity index (χ1) is 13.7. The van der Waals surface area contributed by atoms with Crippen LogP contribution in [0.4, 0.5) is 10.9 Å². The summed E-state index contributed by atoms with van der Waals surface area (Å²) in [7, 11) is 0. The number of pyridine rings is 1. The number of nitrogens with one attached hydrogen (secondary N) is 1. The zero-order valence-electron chi connectivity index (χ0n) is 15.3. The van der Waals surface area contributed by atoms with Crippen molar-refractivity contribution < 1.29 is 9.53 Å². The van der Waals surface area contributed by atoms with Gasteiger partial charge in [0.05, 0.1) is 13.0 Å². The Kier molecular flexibility index (Phi) is 5.38. The lowest BCUT2D eigenvalue weighted by Gasteiger charge is -2.16. The summed E-state index contributed by atoms with van der Waals surface area (Å²) >= 11 is 1.22. The lowest BCUT2D eigenvalue weighted by atomic mass is 10.2. The Hall–Kier alpha value is -3.14. The molecule has 3 aromatic rings. The first-order valence-electron chi connectivity index (χ1n) is 8.91. The highest BCUT2D eigenvalue weighted by Crippen LogP contribution is 2.26. The van der Waals surface area contributed by atoms with Gasteiger partial charge in [-0.25, -0.2) is 0 Å². The van der Waals surface area contributed by atoms with Crippen LogP contribution in [0.2, 0.25) is 0 Å². The van der Waals surface area contributed by atoms with Gasteiger partial charge >= 0.3 is 0 Å². The SMILES string of the molecule is Cc1cccc(CC(=O)Nc2nnc(O[C@@H]3CCN(c4cccnn4)C3)s2)n1. The summed E-state index contributed by atoms with van der Waals surface area (Å²) in [5.74, 6) is 0.652. The number of aryl methyl sites for hydroxylation is 1. The average Bonchev–Trinajstić information content (AvgIpc) is 3.32. The minimum absolute atomic E-state index is 0.00463. The molecule has 9 nitrogen and oxygen atoms in total. The number of ether oxygens (including phenoxy) is 1. The summed E-state index contributed by atoms with van der Waals surface area (Å²) in [6.07, 6.45) is 2.69. The van der Waals surface area contributed by atoms with Crippen LogP contribution in [0.1, 0.15) is 17.8 Å². The third-order valence-corrected chi connectivity index (χ3v) is 4.96. The molecular weight excluding hydrogens is 378 g/mol. The summed E-state index contributed by atoms with van der Waals surface area (Å²) in [5.41, 5.74) is 1.59. The molecule has 0 unspecified atom stereocenters. The average molecular weight is 397 g/mol. The Balaban J connectivity index is 1.29. The van der Waals surface area contributed by atoms with Gasteiger partial charge in [0, 0.05) is 30.6 Å². The van der Waals surface area contributed by atoms with Gasteiger partial charge in [-0.2, -0.15) is 5.10 Å². The Labute approximate surface area is 165 Å².